The number of halogens is 1. The zero-order chi connectivity index (χ0) is 13.3. The SMILES string of the molecule is CCOC(=O)c1c(O)c2cc(F)ccc2oc1=O. The molecule has 0 amide bonds. The van der Waals surface area contributed by atoms with E-state index in [4.69, 9.17) is 4.42 Å². The minimum atomic E-state index is -1.02. The van der Waals surface area contributed by atoms with Gasteiger partial charge in [-0.05, 0) is 25.1 Å². The number of carbonyl (C=O) groups is 1. The zero-order valence-electron chi connectivity index (χ0n) is 9.40. The third-order valence-electron chi connectivity index (χ3n) is 2.32. The Balaban J connectivity index is 2.75. The van der Waals surface area contributed by atoms with E-state index in [0.29, 0.717) is 0 Å². The number of esters is 1. The molecule has 94 valence electrons. The monoisotopic (exact) mass is 252 g/mol. The molecule has 2 aromatic rings. The van der Waals surface area contributed by atoms with Crippen molar-refractivity contribution in [2.24, 2.45) is 0 Å². The van der Waals surface area contributed by atoms with Crippen LogP contribution in [-0.2, 0) is 4.74 Å². The van der Waals surface area contributed by atoms with Gasteiger partial charge in [-0.15, -0.1) is 0 Å². The van der Waals surface area contributed by atoms with Crippen molar-refractivity contribution in [3.05, 3.63) is 40.0 Å². The van der Waals surface area contributed by atoms with Crippen molar-refractivity contribution in [2.45, 2.75) is 6.92 Å². The summed E-state index contributed by atoms with van der Waals surface area (Å²) < 4.78 is 22.5. The molecule has 0 fully saturated rings. The molecule has 2 rings (SSSR count). The van der Waals surface area contributed by atoms with E-state index in [0.717, 1.165) is 12.1 Å². The van der Waals surface area contributed by atoms with Gasteiger partial charge in [-0.2, -0.15) is 0 Å². The van der Waals surface area contributed by atoms with Gasteiger partial charge < -0.3 is 14.3 Å². The first-order chi connectivity index (χ1) is 8.54. The molecule has 0 saturated carbocycles. The fourth-order valence-corrected chi connectivity index (χ4v) is 1.54. The van der Waals surface area contributed by atoms with E-state index in [1.165, 1.54) is 6.07 Å². The van der Waals surface area contributed by atoms with Crippen LogP contribution in [0.3, 0.4) is 0 Å². The predicted molar refractivity (Wildman–Crippen MR) is 60.1 cm³/mol. The second kappa shape index (κ2) is 4.48. The van der Waals surface area contributed by atoms with Crippen LogP contribution in [0.2, 0.25) is 0 Å². The molecule has 0 aliphatic heterocycles. The second-order valence-electron chi connectivity index (χ2n) is 3.47. The number of fused-ring (bicyclic) bond motifs is 1. The minimum Gasteiger partial charge on any atom is -0.506 e. The standard InChI is InChI=1S/C12H9FO5/c1-2-17-11(15)9-10(14)7-5-6(13)3-4-8(7)18-12(9)16/h3-5,14H,2H2,1H3. The number of rotatable bonds is 2. The number of carbonyl (C=O) groups excluding carboxylic acids is 1. The van der Waals surface area contributed by atoms with Crippen molar-refractivity contribution in [1.29, 1.82) is 0 Å². The van der Waals surface area contributed by atoms with E-state index in [-0.39, 0.29) is 17.6 Å². The zero-order valence-corrected chi connectivity index (χ0v) is 9.40. The number of ether oxygens (including phenoxy) is 1. The van der Waals surface area contributed by atoms with Gasteiger partial charge in [0.2, 0.25) is 0 Å². The van der Waals surface area contributed by atoms with Crippen molar-refractivity contribution >= 4 is 16.9 Å². The molecule has 6 heteroatoms. The van der Waals surface area contributed by atoms with E-state index in [1.807, 2.05) is 0 Å². The molecule has 0 saturated heterocycles. The van der Waals surface area contributed by atoms with Crippen LogP contribution in [0.1, 0.15) is 17.3 Å². The van der Waals surface area contributed by atoms with Crippen LogP contribution in [-0.4, -0.2) is 17.7 Å². The van der Waals surface area contributed by atoms with Crippen molar-refractivity contribution in [2.75, 3.05) is 6.61 Å². The minimum absolute atomic E-state index is 0.00746. The fraction of sp³-hybridized carbons (Fsp3) is 0.167. The predicted octanol–water partition coefficient (Wildman–Crippen LogP) is 1.81. The largest absolute Gasteiger partial charge is 0.506 e. The smallest absolute Gasteiger partial charge is 0.354 e. The highest BCUT2D eigenvalue weighted by molar-refractivity contribution is 5.98. The molecule has 0 bridgehead atoms. The lowest BCUT2D eigenvalue weighted by Crippen LogP contribution is -2.16. The molecule has 1 N–H and O–H groups in total. The highest BCUT2D eigenvalue weighted by Crippen LogP contribution is 2.27. The summed E-state index contributed by atoms with van der Waals surface area (Å²) in [6, 6.07) is 3.24. The average Bonchev–Trinajstić information content (AvgIpc) is 2.31. The van der Waals surface area contributed by atoms with Crippen molar-refractivity contribution in [3.8, 4) is 5.75 Å². The lowest BCUT2D eigenvalue weighted by Gasteiger charge is -2.05. The third-order valence-corrected chi connectivity index (χ3v) is 2.32. The van der Waals surface area contributed by atoms with E-state index in [2.05, 4.69) is 4.74 Å². The molecule has 1 aromatic carbocycles. The maximum absolute atomic E-state index is 13.1. The van der Waals surface area contributed by atoms with Crippen molar-refractivity contribution in [1.82, 2.24) is 0 Å². The highest BCUT2D eigenvalue weighted by atomic mass is 19.1. The molecule has 0 atom stereocenters. The molecule has 0 unspecified atom stereocenters. The Bertz CT molecular complexity index is 674. The van der Waals surface area contributed by atoms with E-state index in [1.54, 1.807) is 6.92 Å². The van der Waals surface area contributed by atoms with E-state index >= 15 is 0 Å². The summed E-state index contributed by atoms with van der Waals surface area (Å²) in [4.78, 5) is 23.0. The second-order valence-corrected chi connectivity index (χ2v) is 3.47. The van der Waals surface area contributed by atoms with Crippen molar-refractivity contribution < 1.29 is 23.4 Å². The summed E-state index contributed by atoms with van der Waals surface area (Å²) >= 11 is 0. The summed E-state index contributed by atoms with van der Waals surface area (Å²) in [5.74, 6) is -2.27. The molecule has 1 aromatic heterocycles. The van der Waals surface area contributed by atoms with Gasteiger partial charge in [-0.1, -0.05) is 0 Å². The molecule has 1 heterocycles. The Morgan fingerprint density at radius 3 is 2.89 bits per heavy atom. The summed E-state index contributed by atoms with van der Waals surface area (Å²) in [5.41, 5.74) is -1.66. The van der Waals surface area contributed by atoms with Crippen LogP contribution in [0.4, 0.5) is 4.39 Å². The lowest BCUT2D eigenvalue weighted by molar-refractivity contribution is 0.0518. The normalized spacial score (nSPS) is 10.6. The topological polar surface area (TPSA) is 76.7 Å². The third kappa shape index (κ3) is 1.92. The van der Waals surface area contributed by atoms with Crippen molar-refractivity contribution in [3.63, 3.8) is 0 Å². The summed E-state index contributed by atoms with van der Waals surface area (Å²) in [5, 5.41) is 9.77. The number of hydrogen-bond donors (Lipinski definition) is 1. The van der Waals surface area contributed by atoms with Crippen LogP contribution in [0.15, 0.2) is 27.4 Å². The van der Waals surface area contributed by atoms with Crippen LogP contribution in [0.5, 0.6) is 5.75 Å². The van der Waals surface area contributed by atoms with Crippen LogP contribution in [0.25, 0.3) is 11.0 Å². The van der Waals surface area contributed by atoms with Gasteiger partial charge in [-0.3, -0.25) is 0 Å². The van der Waals surface area contributed by atoms with Gasteiger partial charge in [0.15, 0.2) is 5.56 Å². The van der Waals surface area contributed by atoms with E-state index in [9.17, 15) is 19.1 Å². The van der Waals surface area contributed by atoms with Crippen LogP contribution in [0, 0.1) is 5.82 Å². The van der Waals surface area contributed by atoms with E-state index < -0.39 is 28.7 Å². The Labute approximate surface area is 100 Å². The molecule has 18 heavy (non-hydrogen) atoms. The maximum Gasteiger partial charge on any atom is 0.354 e. The van der Waals surface area contributed by atoms with Gasteiger partial charge in [0.25, 0.3) is 0 Å². The van der Waals surface area contributed by atoms with Crippen LogP contribution < -0.4 is 5.63 Å². The molecule has 0 radical (unpaired) electrons. The average molecular weight is 252 g/mol. The van der Waals surface area contributed by atoms with Crippen LogP contribution >= 0.6 is 0 Å². The highest BCUT2D eigenvalue weighted by Gasteiger charge is 2.22. The molecule has 0 spiro atoms. The van der Waals surface area contributed by atoms with Gasteiger partial charge in [0, 0.05) is 0 Å². The molecule has 5 nitrogen and oxygen atoms in total. The Morgan fingerprint density at radius 2 is 2.22 bits per heavy atom. The number of hydrogen-bond acceptors (Lipinski definition) is 5. The summed E-state index contributed by atoms with van der Waals surface area (Å²) in [7, 11) is 0. The quantitative estimate of drug-likeness (QED) is 0.651. The van der Waals surface area contributed by atoms with Gasteiger partial charge in [-0.25, -0.2) is 14.0 Å². The number of benzene rings is 1. The first-order valence-corrected chi connectivity index (χ1v) is 5.17. The lowest BCUT2D eigenvalue weighted by atomic mass is 10.1. The molecular formula is C12H9FO5. The summed E-state index contributed by atoms with van der Waals surface area (Å²) in [6.07, 6.45) is 0. The molecule has 0 aliphatic carbocycles. The van der Waals surface area contributed by atoms with Gasteiger partial charge in [0.05, 0.1) is 12.0 Å². The Kier molecular flexibility index (Phi) is 3.01. The number of aromatic hydroxyl groups is 1. The van der Waals surface area contributed by atoms with Gasteiger partial charge >= 0.3 is 11.6 Å². The summed E-state index contributed by atoms with van der Waals surface area (Å²) in [6.45, 7) is 1.59. The first-order valence-electron chi connectivity index (χ1n) is 5.17. The fourth-order valence-electron chi connectivity index (χ4n) is 1.54. The van der Waals surface area contributed by atoms with Gasteiger partial charge in [0.1, 0.15) is 17.1 Å². The Morgan fingerprint density at radius 1 is 1.50 bits per heavy atom. The molecular weight excluding hydrogens is 243 g/mol. The molecule has 0 aliphatic rings. The maximum atomic E-state index is 13.1. The Hall–Kier alpha value is -2.37. The first kappa shape index (κ1) is 12.1.